The summed E-state index contributed by atoms with van der Waals surface area (Å²) in [5, 5.41) is 3.44. The summed E-state index contributed by atoms with van der Waals surface area (Å²) in [6.07, 6.45) is 0. The van der Waals surface area contributed by atoms with Gasteiger partial charge in [0.15, 0.2) is 0 Å². The molecule has 78 valence electrons. The van der Waals surface area contributed by atoms with Crippen LogP contribution in [0.4, 0.5) is 0 Å². The van der Waals surface area contributed by atoms with Gasteiger partial charge in [0, 0.05) is 5.02 Å². The predicted octanol–water partition coefficient (Wildman–Crippen LogP) is 1.83. The quantitative estimate of drug-likeness (QED) is 0.846. The predicted molar refractivity (Wildman–Crippen MR) is 58.0 cm³/mol. The zero-order chi connectivity index (χ0) is 10.8. The SMILES string of the molecule is COc1cc(=O)n(-c2ccc(Cl)cc2)[nH]1. The van der Waals surface area contributed by atoms with Gasteiger partial charge in [0.05, 0.1) is 18.9 Å². The van der Waals surface area contributed by atoms with Crippen molar-refractivity contribution in [3.05, 3.63) is 45.7 Å². The Morgan fingerprint density at radius 1 is 1.33 bits per heavy atom. The maximum absolute atomic E-state index is 11.5. The zero-order valence-electron chi connectivity index (χ0n) is 8.03. The minimum Gasteiger partial charge on any atom is -0.481 e. The number of H-pyrrole nitrogens is 1. The topological polar surface area (TPSA) is 47.0 Å². The van der Waals surface area contributed by atoms with Crippen LogP contribution in [-0.2, 0) is 0 Å². The highest BCUT2D eigenvalue weighted by molar-refractivity contribution is 6.30. The van der Waals surface area contributed by atoms with Crippen molar-refractivity contribution in [2.45, 2.75) is 0 Å². The van der Waals surface area contributed by atoms with E-state index in [-0.39, 0.29) is 5.56 Å². The van der Waals surface area contributed by atoms with Crippen LogP contribution in [0.2, 0.25) is 5.02 Å². The zero-order valence-corrected chi connectivity index (χ0v) is 8.78. The molecule has 1 N–H and O–H groups in total. The Labute approximate surface area is 91.0 Å². The number of hydrogen-bond donors (Lipinski definition) is 1. The lowest BCUT2D eigenvalue weighted by Gasteiger charge is -2.01. The lowest BCUT2D eigenvalue weighted by Crippen LogP contribution is -2.13. The lowest BCUT2D eigenvalue weighted by atomic mass is 10.3. The molecule has 0 bridgehead atoms. The first-order chi connectivity index (χ1) is 7.20. The van der Waals surface area contributed by atoms with Crippen molar-refractivity contribution < 1.29 is 4.74 Å². The van der Waals surface area contributed by atoms with Gasteiger partial charge in [-0.05, 0) is 24.3 Å². The van der Waals surface area contributed by atoms with Gasteiger partial charge in [0.25, 0.3) is 5.56 Å². The van der Waals surface area contributed by atoms with Crippen molar-refractivity contribution >= 4 is 11.6 Å². The van der Waals surface area contributed by atoms with Crippen LogP contribution in [0.5, 0.6) is 5.88 Å². The van der Waals surface area contributed by atoms with Gasteiger partial charge in [-0.15, -0.1) is 0 Å². The molecule has 0 spiro atoms. The Morgan fingerprint density at radius 3 is 2.53 bits per heavy atom. The minimum atomic E-state index is -0.172. The number of nitrogens with zero attached hydrogens (tertiary/aromatic N) is 1. The number of ether oxygens (including phenoxy) is 1. The lowest BCUT2D eigenvalue weighted by molar-refractivity contribution is 0.394. The van der Waals surface area contributed by atoms with Crippen LogP contribution < -0.4 is 10.3 Å². The standard InChI is InChI=1S/C10H9ClN2O2/c1-15-9-6-10(14)13(12-9)8-4-2-7(11)3-5-8/h2-6,12H,1H3. The average Bonchev–Trinajstić information content (AvgIpc) is 2.61. The molecule has 0 fully saturated rings. The highest BCUT2D eigenvalue weighted by atomic mass is 35.5. The molecule has 2 rings (SSSR count). The summed E-state index contributed by atoms with van der Waals surface area (Å²) in [4.78, 5) is 11.5. The van der Waals surface area contributed by atoms with Gasteiger partial charge in [0.1, 0.15) is 0 Å². The molecule has 0 saturated carbocycles. The van der Waals surface area contributed by atoms with Crippen LogP contribution in [0, 0.1) is 0 Å². The molecule has 0 aliphatic rings. The summed E-state index contributed by atoms with van der Waals surface area (Å²) in [5.41, 5.74) is 0.543. The van der Waals surface area contributed by atoms with E-state index in [0.29, 0.717) is 16.6 Å². The third kappa shape index (κ3) is 1.89. The number of nitrogens with one attached hydrogen (secondary N) is 1. The minimum absolute atomic E-state index is 0.172. The molecule has 0 aliphatic heterocycles. The van der Waals surface area contributed by atoms with E-state index in [4.69, 9.17) is 16.3 Å². The Bertz CT molecular complexity index is 513. The van der Waals surface area contributed by atoms with Crippen molar-refractivity contribution in [2.75, 3.05) is 7.11 Å². The van der Waals surface area contributed by atoms with E-state index in [0.717, 1.165) is 0 Å². The van der Waals surface area contributed by atoms with Crippen LogP contribution in [-0.4, -0.2) is 16.9 Å². The fraction of sp³-hybridized carbons (Fsp3) is 0.100. The number of methoxy groups -OCH3 is 1. The third-order valence-corrected chi connectivity index (χ3v) is 2.25. The smallest absolute Gasteiger partial charge is 0.275 e. The van der Waals surface area contributed by atoms with Crippen molar-refractivity contribution in [1.29, 1.82) is 0 Å². The van der Waals surface area contributed by atoms with E-state index < -0.39 is 0 Å². The first-order valence-corrected chi connectivity index (χ1v) is 4.70. The molecule has 0 unspecified atom stereocenters. The summed E-state index contributed by atoms with van der Waals surface area (Å²) in [5.74, 6) is 0.426. The number of hydrogen-bond acceptors (Lipinski definition) is 2. The van der Waals surface area contributed by atoms with Crippen molar-refractivity contribution in [2.24, 2.45) is 0 Å². The normalized spacial score (nSPS) is 10.3. The number of aromatic nitrogens is 2. The fourth-order valence-electron chi connectivity index (χ4n) is 1.26. The number of halogens is 1. The van der Waals surface area contributed by atoms with Crippen LogP contribution in [0.3, 0.4) is 0 Å². The number of rotatable bonds is 2. The van der Waals surface area contributed by atoms with Gasteiger partial charge in [-0.3, -0.25) is 9.89 Å². The first kappa shape index (κ1) is 9.86. The molecule has 1 aromatic heterocycles. The molecule has 15 heavy (non-hydrogen) atoms. The second-order valence-corrected chi connectivity index (χ2v) is 3.41. The van der Waals surface area contributed by atoms with Gasteiger partial charge in [-0.1, -0.05) is 11.6 Å². The second kappa shape index (κ2) is 3.82. The van der Waals surface area contributed by atoms with Gasteiger partial charge < -0.3 is 4.74 Å². The molecule has 1 aromatic carbocycles. The van der Waals surface area contributed by atoms with Crippen molar-refractivity contribution in [3.63, 3.8) is 0 Å². The monoisotopic (exact) mass is 224 g/mol. The van der Waals surface area contributed by atoms with Crippen LogP contribution in [0.25, 0.3) is 5.69 Å². The maximum atomic E-state index is 11.5. The number of aromatic amines is 1. The van der Waals surface area contributed by atoms with E-state index in [9.17, 15) is 4.79 Å². The molecule has 2 aromatic rings. The van der Waals surface area contributed by atoms with E-state index in [1.807, 2.05) is 0 Å². The molecule has 0 aliphatic carbocycles. The van der Waals surface area contributed by atoms with Crippen LogP contribution >= 0.6 is 11.6 Å². The molecule has 0 radical (unpaired) electrons. The second-order valence-electron chi connectivity index (χ2n) is 2.97. The Kier molecular flexibility index (Phi) is 2.51. The van der Waals surface area contributed by atoms with E-state index in [1.54, 1.807) is 24.3 Å². The molecule has 5 heteroatoms. The molecule has 0 saturated heterocycles. The van der Waals surface area contributed by atoms with Gasteiger partial charge in [0.2, 0.25) is 5.88 Å². The van der Waals surface area contributed by atoms with Gasteiger partial charge >= 0.3 is 0 Å². The summed E-state index contributed by atoms with van der Waals surface area (Å²) in [7, 11) is 1.50. The maximum Gasteiger partial charge on any atom is 0.275 e. The largest absolute Gasteiger partial charge is 0.481 e. The summed E-state index contributed by atoms with van der Waals surface area (Å²) >= 11 is 5.75. The molecule has 0 atom stereocenters. The summed E-state index contributed by atoms with van der Waals surface area (Å²) < 4.78 is 6.30. The number of benzene rings is 1. The van der Waals surface area contributed by atoms with Gasteiger partial charge in [-0.2, -0.15) is 0 Å². The van der Waals surface area contributed by atoms with E-state index in [1.165, 1.54) is 17.9 Å². The Morgan fingerprint density at radius 2 is 2.00 bits per heavy atom. The van der Waals surface area contributed by atoms with Crippen molar-refractivity contribution in [1.82, 2.24) is 9.78 Å². The molecule has 0 amide bonds. The van der Waals surface area contributed by atoms with Crippen molar-refractivity contribution in [3.8, 4) is 11.6 Å². The first-order valence-electron chi connectivity index (χ1n) is 4.33. The van der Waals surface area contributed by atoms with E-state index >= 15 is 0 Å². The average molecular weight is 225 g/mol. The highest BCUT2D eigenvalue weighted by Crippen LogP contribution is 2.12. The van der Waals surface area contributed by atoms with Crippen LogP contribution in [0.15, 0.2) is 35.1 Å². The van der Waals surface area contributed by atoms with Gasteiger partial charge in [-0.25, -0.2) is 4.68 Å². The molecular formula is C10H9ClN2O2. The molecular weight excluding hydrogens is 216 g/mol. The fourth-order valence-corrected chi connectivity index (χ4v) is 1.39. The van der Waals surface area contributed by atoms with E-state index in [2.05, 4.69) is 5.10 Å². The summed E-state index contributed by atoms with van der Waals surface area (Å²) in [6, 6.07) is 8.32. The highest BCUT2D eigenvalue weighted by Gasteiger charge is 2.04. The third-order valence-electron chi connectivity index (χ3n) is 2.00. The van der Waals surface area contributed by atoms with Crippen LogP contribution in [0.1, 0.15) is 0 Å². The summed E-state index contributed by atoms with van der Waals surface area (Å²) in [6.45, 7) is 0. The Balaban J connectivity index is 2.49. The Hall–Kier alpha value is -1.68. The molecule has 4 nitrogen and oxygen atoms in total. The molecule has 1 heterocycles.